The number of carbonyl (C=O) groups excluding carboxylic acids is 2. The quantitative estimate of drug-likeness (QED) is 0.464. The van der Waals surface area contributed by atoms with Gasteiger partial charge in [-0.3, -0.25) is 9.59 Å². The molecule has 2 aliphatic rings. The van der Waals surface area contributed by atoms with E-state index in [0.29, 0.717) is 27.9 Å². The first kappa shape index (κ1) is 19.9. The van der Waals surface area contributed by atoms with E-state index in [0.717, 1.165) is 16.3 Å². The van der Waals surface area contributed by atoms with Gasteiger partial charge in [-0.2, -0.15) is 0 Å². The number of aliphatic hydroxyl groups is 2. The molecule has 4 atom stereocenters. The Morgan fingerprint density at radius 1 is 0.968 bits per heavy atom. The number of benzene rings is 3. The number of fused-ring (bicyclic) bond motifs is 4. The molecular weight excluding hydrogens is 394 g/mol. The van der Waals surface area contributed by atoms with Crippen molar-refractivity contribution in [3.8, 4) is 0 Å². The van der Waals surface area contributed by atoms with Gasteiger partial charge in [-0.25, -0.2) is 0 Å². The molecule has 0 radical (unpaired) electrons. The first-order chi connectivity index (χ1) is 14.8. The lowest BCUT2D eigenvalue weighted by Gasteiger charge is -2.37. The molecule has 0 saturated carbocycles. The van der Waals surface area contributed by atoms with Crippen LogP contribution in [0.2, 0.25) is 0 Å². The predicted molar refractivity (Wildman–Crippen MR) is 117 cm³/mol. The maximum Gasteiger partial charge on any atom is 0.196 e. The minimum atomic E-state index is -1.01. The summed E-state index contributed by atoms with van der Waals surface area (Å²) in [7, 11) is 0. The summed E-state index contributed by atoms with van der Waals surface area (Å²) in [6.07, 6.45) is -2.28. The third kappa shape index (κ3) is 3.15. The van der Waals surface area contributed by atoms with E-state index in [1.54, 1.807) is 31.2 Å². The van der Waals surface area contributed by atoms with Gasteiger partial charge in [-0.05, 0) is 36.8 Å². The highest BCUT2D eigenvalue weighted by atomic mass is 16.6. The maximum atomic E-state index is 13.5. The van der Waals surface area contributed by atoms with Crippen molar-refractivity contribution in [2.45, 2.75) is 44.8 Å². The number of aliphatic hydroxyl groups excluding tert-OH is 2. The summed E-state index contributed by atoms with van der Waals surface area (Å²) >= 11 is 0. The zero-order valence-electron chi connectivity index (χ0n) is 17.3. The van der Waals surface area contributed by atoms with Crippen molar-refractivity contribution in [1.29, 1.82) is 0 Å². The molecule has 1 unspecified atom stereocenters. The average Bonchev–Trinajstić information content (AvgIpc) is 2.74. The van der Waals surface area contributed by atoms with E-state index < -0.39 is 24.5 Å². The first-order valence-electron chi connectivity index (χ1n) is 10.4. The fourth-order valence-corrected chi connectivity index (χ4v) is 4.67. The second-order valence-corrected chi connectivity index (χ2v) is 8.37. The van der Waals surface area contributed by atoms with Crippen molar-refractivity contribution in [1.82, 2.24) is 0 Å². The molecule has 5 rings (SSSR count). The second kappa shape index (κ2) is 7.27. The Labute approximate surface area is 179 Å². The molecule has 0 aromatic heterocycles. The van der Waals surface area contributed by atoms with Crippen LogP contribution in [0.1, 0.15) is 50.8 Å². The molecule has 31 heavy (non-hydrogen) atoms. The number of ether oxygens (including phenoxy) is 1. The Bertz CT molecular complexity index is 1230. The second-order valence-electron chi connectivity index (χ2n) is 8.37. The molecule has 1 heterocycles. The maximum absolute atomic E-state index is 13.5. The molecule has 3 aromatic carbocycles. The largest absolute Gasteiger partial charge is 0.388 e. The van der Waals surface area contributed by atoms with Gasteiger partial charge < -0.3 is 20.3 Å². The van der Waals surface area contributed by atoms with Gasteiger partial charge in [0.2, 0.25) is 0 Å². The Morgan fingerprint density at radius 2 is 1.71 bits per heavy atom. The van der Waals surface area contributed by atoms with Crippen LogP contribution in [0, 0.1) is 6.92 Å². The fourth-order valence-electron chi connectivity index (χ4n) is 4.67. The van der Waals surface area contributed by atoms with Crippen molar-refractivity contribution in [3.63, 3.8) is 0 Å². The molecule has 6 heteroatoms. The van der Waals surface area contributed by atoms with E-state index in [4.69, 9.17) is 4.74 Å². The highest BCUT2D eigenvalue weighted by Crippen LogP contribution is 2.36. The average molecular weight is 417 g/mol. The lowest BCUT2D eigenvalue weighted by molar-refractivity contribution is -0.196. The fraction of sp³-hybridized carbons (Fsp3) is 0.280. The number of anilines is 1. The van der Waals surface area contributed by atoms with E-state index in [2.05, 4.69) is 5.32 Å². The zero-order valence-corrected chi connectivity index (χ0v) is 17.3. The van der Waals surface area contributed by atoms with Crippen LogP contribution >= 0.6 is 0 Å². The molecule has 1 aliphatic heterocycles. The molecule has 0 amide bonds. The van der Waals surface area contributed by atoms with Gasteiger partial charge in [0.05, 0.1) is 17.7 Å². The van der Waals surface area contributed by atoms with Crippen LogP contribution < -0.4 is 5.32 Å². The van der Waals surface area contributed by atoms with E-state index in [1.165, 1.54) is 0 Å². The Hall–Kier alpha value is -3.06. The van der Waals surface area contributed by atoms with Gasteiger partial charge in [0.1, 0.15) is 6.10 Å². The topological polar surface area (TPSA) is 95.9 Å². The van der Waals surface area contributed by atoms with Gasteiger partial charge in [-0.15, -0.1) is 0 Å². The molecular formula is C25H23NO5. The molecule has 0 bridgehead atoms. The van der Waals surface area contributed by atoms with Crippen LogP contribution in [0.25, 0.3) is 10.8 Å². The number of rotatable bonds is 2. The van der Waals surface area contributed by atoms with Crippen LogP contribution in [0.15, 0.2) is 48.5 Å². The molecule has 1 saturated heterocycles. The number of aryl methyl sites for hydroxylation is 1. The summed E-state index contributed by atoms with van der Waals surface area (Å²) in [6, 6.07) is 14.0. The Morgan fingerprint density at radius 3 is 2.52 bits per heavy atom. The number of hydrogen-bond donors (Lipinski definition) is 3. The third-order valence-corrected chi connectivity index (χ3v) is 6.24. The van der Waals surface area contributed by atoms with Crippen molar-refractivity contribution in [3.05, 3.63) is 76.3 Å². The number of hydrogen-bond acceptors (Lipinski definition) is 6. The van der Waals surface area contributed by atoms with Crippen molar-refractivity contribution in [2.75, 3.05) is 5.32 Å². The Kier molecular flexibility index (Phi) is 4.66. The van der Waals surface area contributed by atoms with Gasteiger partial charge in [-0.1, -0.05) is 42.0 Å². The van der Waals surface area contributed by atoms with Crippen LogP contribution in [0.5, 0.6) is 0 Å². The van der Waals surface area contributed by atoms with Crippen LogP contribution in [-0.4, -0.2) is 46.3 Å². The summed E-state index contributed by atoms with van der Waals surface area (Å²) in [5.41, 5.74) is 3.00. The van der Waals surface area contributed by atoms with Crippen molar-refractivity contribution >= 4 is 28.0 Å². The van der Waals surface area contributed by atoms with Gasteiger partial charge in [0.15, 0.2) is 17.9 Å². The van der Waals surface area contributed by atoms with Gasteiger partial charge in [0.25, 0.3) is 0 Å². The van der Waals surface area contributed by atoms with Crippen LogP contribution in [0.4, 0.5) is 5.69 Å². The SMILES string of the molecule is Cc1ccc2c3c(ccc2c1)C(=O)c1c(N[C@@H]2CC(O)O[C@@H](C)[C@@H]2O)cccc1C3=O. The smallest absolute Gasteiger partial charge is 0.196 e. The third-order valence-electron chi connectivity index (χ3n) is 6.24. The normalized spacial score (nSPS) is 25.3. The van der Waals surface area contributed by atoms with Gasteiger partial charge >= 0.3 is 0 Å². The van der Waals surface area contributed by atoms with Crippen molar-refractivity contribution < 1.29 is 24.5 Å². The number of nitrogens with one attached hydrogen (secondary N) is 1. The summed E-state index contributed by atoms with van der Waals surface area (Å²) in [5, 5.41) is 25.3. The van der Waals surface area contributed by atoms with E-state index in [-0.39, 0.29) is 18.0 Å². The molecule has 0 spiro atoms. The molecule has 3 N–H and O–H groups in total. The highest BCUT2D eigenvalue weighted by Gasteiger charge is 2.37. The molecule has 158 valence electrons. The number of carbonyl (C=O) groups is 2. The van der Waals surface area contributed by atoms with Crippen molar-refractivity contribution in [2.24, 2.45) is 0 Å². The predicted octanol–water partition coefficient (Wildman–Crippen LogP) is 3.19. The minimum absolute atomic E-state index is 0.165. The number of ketones is 2. The van der Waals surface area contributed by atoms with Crippen LogP contribution in [0.3, 0.4) is 0 Å². The minimum Gasteiger partial charge on any atom is -0.388 e. The molecule has 1 aliphatic carbocycles. The monoisotopic (exact) mass is 417 g/mol. The van der Waals surface area contributed by atoms with Crippen LogP contribution in [-0.2, 0) is 4.74 Å². The Balaban J connectivity index is 1.60. The van der Waals surface area contributed by atoms with E-state index >= 15 is 0 Å². The summed E-state index contributed by atoms with van der Waals surface area (Å²) in [5.74, 6) is -0.422. The molecule has 3 aromatic rings. The van der Waals surface area contributed by atoms with E-state index in [1.807, 2.05) is 31.2 Å². The molecule has 6 nitrogen and oxygen atoms in total. The van der Waals surface area contributed by atoms with Gasteiger partial charge in [0, 0.05) is 28.8 Å². The summed E-state index contributed by atoms with van der Waals surface area (Å²) < 4.78 is 5.26. The molecule has 1 fully saturated rings. The summed E-state index contributed by atoms with van der Waals surface area (Å²) in [6.45, 7) is 3.67. The zero-order chi connectivity index (χ0) is 21.9. The van der Waals surface area contributed by atoms with E-state index in [9.17, 15) is 19.8 Å². The first-order valence-corrected chi connectivity index (χ1v) is 10.4. The summed E-state index contributed by atoms with van der Waals surface area (Å²) in [4.78, 5) is 27.0. The lowest BCUT2D eigenvalue weighted by Crippen LogP contribution is -2.50. The lowest BCUT2D eigenvalue weighted by atomic mass is 9.80. The standard InChI is InChI=1S/C25H23NO5/c1-12-6-8-15-14(10-12)7-9-17-21(15)24(29)16-4-3-5-18(22(16)25(17)30)26-19-11-20(27)31-13(2)23(19)28/h3-10,13,19-20,23,26-28H,11H2,1-2H3/t13-,19+,20?,23-/m0/s1. The highest BCUT2D eigenvalue weighted by molar-refractivity contribution is 6.33.